The molecule has 0 bridgehead atoms. The summed E-state index contributed by atoms with van der Waals surface area (Å²) in [7, 11) is 0. The highest BCUT2D eigenvalue weighted by Gasteiger charge is 2.09. The molecule has 18 heavy (non-hydrogen) atoms. The highest BCUT2D eigenvalue weighted by molar-refractivity contribution is 5.46. The molecule has 100 valence electrons. The van der Waals surface area contributed by atoms with Crippen LogP contribution in [0, 0.1) is 0 Å². The van der Waals surface area contributed by atoms with Crippen molar-refractivity contribution in [2.24, 2.45) is 0 Å². The van der Waals surface area contributed by atoms with E-state index < -0.39 is 0 Å². The fourth-order valence-electron chi connectivity index (χ4n) is 2.25. The Bertz CT molecular complexity index is 331. The van der Waals surface area contributed by atoms with E-state index in [0.29, 0.717) is 0 Å². The van der Waals surface area contributed by atoms with Gasteiger partial charge in [-0.05, 0) is 56.6 Å². The molecule has 3 heteroatoms. The molecule has 1 N–H and O–H groups in total. The van der Waals surface area contributed by atoms with E-state index in [-0.39, 0.29) is 0 Å². The molecule has 0 spiro atoms. The van der Waals surface area contributed by atoms with E-state index in [1.807, 2.05) is 12.1 Å². The Hall–Kier alpha value is -1.22. The molecule has 1 heterocycles. The highest BCUT2D eigenvalue weighted by atomic mass is 16.5. The predicted molar refractivity (Wildman–Crippen MR) is 76.4 cm³/mol. The minimum absolute atomic E-state index is 0.793. The number of benzene rings is 1. The molecular weight excluding hydrogens is 224 g/mol. The largest absolute Gasteiger partial charge is 0.494 e. The van der Waals surface area contributed by atoms with Crippen molar-refractivity contribution in [1.29, 1.82) is 0 Å². The van der Waals surface area contributed by atoms with Crippen molar-refractivity contribution in [3.8, 4) is 5.75 Å². The number of likely N-dealkylation sites (tertiary alicyclic amines) is 1. The zero-order valence-electron chi connectivity index (χ0n) is 11.3. The van der Waals surface area contributed by atoms with Gasteiger partial charge in [-0.3, -0.25) is 0 Å². The molecule has 1 aliphatic rings. The molecule has 0 atom stereocenters. The van der Waals surface area contributed by atoms with Crippen LogP contribution in [0.2, 0.25) is 0 Å². The average molecular weight is 248 g/mol. The Labute approximate surface area is 110 Å². The second kappa shape index (κ2) is 7.27. The van der Waals surface area contributed by atoms with Crippen LogP contribution < -0.4 is 10.1 Å². The summed E-state index contributed by atoms with van der Waals surface area (Å²) < 4.78 is 5.56. The number of ether oxygens (including phenoxy) is 1. The van der Waals surface area contributed by atoms with Crippen LogP contribution in [0.4, 0.5) is 5.69 Å². The lowest BCUT2D eigenvalue weighted by Crippen LogP contribution is -2.25. The Kier molecular flexibility index (Phi) is 5.34. The van der Waals surface area contributed by atoms with Crippen molar-refractivity contribution in [3.05, 3.63) is 24.3 Å². The Balaban J connectivity index is 1.68. The molecule has 0 amide bonds. The van der Waals surface area contributed by atoms with Gasteiger partial charge >= 0.3 is 0 Å². The number of hydrogen-bond acceptors (Lipinski definition) is 3. The van der Waals surface area contributed by atoms with Crippen molar-refractivity contribution in [1.82, 2.24) is 4.90 Å². The van der Waals surface area contributed by atoms with E-state index >= 15 is 0 Å². The summed E-state index contributed by atoms with van der Waals surface area (Å²) in [4.78, 5) is 2.52. The van der Waals surface area contributed by atoms with E-state index in [1.165, 1.54) is 31.6 Å². The van der Waals surface area contributed by atoms with Crippen LogP contribution in [0.15, 0.2) is 24.3 Å². The lowest BCUT2D eigenvalue weighted by molar-refractivity contribution is 0.317. The van der Waals surface area contributed by atoms with Crippen molar-refractivity contribution < 1.29 is 4.74 Å². The first-order chi connectivity index (χ1) is 8.88. The molecule has 0 aromatic heterocycles. The zero-order valence-corrected chi connectivity index (χ0v) is 11.3. The molecule has 0 unspecified atom stereocenters. The molecule has 3 nitrogen and oxygen atoms in total. The molecule has 1 fully saturated rings. The van der Waals surface area contributed by atoms with Gasteiger partial charge < -0.3 is 15.0 Å². The van der Waals surface area contributed by atoms with Gasteiger partial charge in [0.25, 0.3) is 0 Å². The third-order valence-corrected chi connectivity index (χ3v) is 3.28. The number of nitrogens with zero attached hydrogens (tertiary/aromatic N) is 1. The molecule has 0 radical (unpaired) electrons. The monoisotopic (exact) mass is 248 g/mol. The molecule has 2 rings (SSSR count). The number of rotatable bonds is 7. The first-order valence-electron chi connectivity index (χ1n) is 7.07. The summed E-state index contributed by atoms with van der Waals surface area (Å²) in [6.45, 7) is 7.62. The lowest BCUT2D eigenvalue weighted by Gasteiger charge is -2.15. The van der Waals surface area contributed by atoms with Gasteiger partial charge in [0.15, 0.2) is 0 Å². The zero-order chi connectivity index (χ0) is 12.6. The molecule has 1 aromatic carbocycles. The third-order valence-electron chi connectivity index (χ3n) is 3.28. The predicted octanol–water partition coefficient (Wildman–Crippen LogP) is 2.98. The Morgan fingerprint density at radius 1 is 1.17 bits per heavy atom. The van der Waals surface area contributed by atoms with Gasteiger partial charge in [-0.1, -0.05) is 6.92 Å². The average Bonchev–Trinajstić information content (AvgIpc) is 2.91. The second-order valence-corrected chi connectivity index (χ2v) is 4.85. The van der Waals surface area contributed by atoms with Crippen LogP contribution in [0.25, 0.3) is 0 Å². The molecule has 1 aliphatic heterocycles. The smallest absolute Gasteiger partial charge is 0.119 e. The number of nitrogens with one attached hydrogen (secondary N) is 1. The normalized spacial score (nSPS) is 15.8. The van der Waals surface area contributed by atoms with Gasteiger partial charge in [0.2, 0.25) is 0 Å². The highest BCUT2D eigenvalue weighted by Crippen LogP contribution is 2.15. The molecule has 0 aliphatic carbocycles. The van der Waals surface area contributed by atoms with Gasteiger partial charge in [0.1, 0.15) is 5.75 Å². The minimum atomic E-state index is 0.793. The second-order valence-electron chi connectivity index (χ2n) is 4.85. The van der Waals surface area contributed by atoms with E-state index in [4.69, 9.17) is 4.74 Å². The summed E-state index contributed by atoms with van der Waals surface area (Å²) in [5.74, 6) is 0.960. The number of anilines is 1. The van der Waals surface area contributed by atoms with Crippen LogP contribution in [0.1, 0.15) is 26.2 Å². The van der Waals surface area contributed by atoms with Crippen LogP contribution >= 0.6 is 0 Å². The molecular formula is C15H24N2O. The Morgan fingerprint density at radius 3 is 2.56 bits per heavy atom. The van der Waals surface area contributed by atoms with Gasteiger partial charge in [0, 0.05) is 18.8 Å². The fraction of sp³-hybridized carbons (Fsp3) is 0.600. The van der Waals surface area contributed by atoms with Crippen molar-refractivity contribution in [2.75, 3.05) is 38.1 Å². The quantitative estimate of drug-likeness (QED) is 0.803. The van der Waals surface area contributed by atoms with Crippen molar-refractivity contribution in [2.45, 2.75) is 26.2 Å². The maximum absolute atomic E-state index is 5.56. The van der Waals surface area contributed by atoms with E-state index in [0.717, 1.165) is 31.9 Å². The minimum Gasteiger partial charge on any atom is -0.494 e. The summed E-state index contributed by atoms with van der Waals surface area (Å²) >= 11 is 0. The van der Waals surface area contributed by atoms with Gasteiger partial charge in [-0.15, -0.1) is 0 Å². The van der Waals surface area contributed by atoms with Gasteiger partial charge in [-0.2, -0.15) is 0 Å². The van der Waals surface area contributed by atoms with Crippen molar-refractivity contribution >= 4 is 5.69 Å². The third kappa shape index (κ3) is 4.22. The van der Waals surface area contributed by atoms with Crippen molar-refractivity contribution in [3.63, 3.8) is 0 Å². The SMILES string of the molecule is CCCOc1ccc(NCCN2CCCC2)cc1. The first kappa shape index (κ1) is 13.2. The fourth-order valence-corrected chi connectivity index (χ4v) is 2.25. The molecule has 0 saturated carbocycles. The van der Waals surface area contributed by atoms with Crippen LogP contribution in [-0.4, -0.2) is 37.7 Å². The molecule has 1 aromatic rings. The first-order valence-corrected chi connectivity index (χ1v) is 7.07. The van der Waals surface area contributed by atoms with Crippen LogP contribution in [0.3, 0.4) is 0 Å². The number of hydrogen-bond donors (Lipinski definition) is 1. The van der Waals surface area contributed by atoms with Gasteiger partial charge in [0.05, 0.1) is 6.61 Å². The summed E-state index contributed by atoms with van der Waals surface area (Å²) in [6, 6.07) is 8.26. The summed E-state index contributed by atoms with van der Waals surface area (Å²) in [5, 5.41) is 3.46. The van der Waals surface area contributed by atoms with E-state index in [2.05, 4.69) is 29.3 Å². The standard InChI is InChI=1S/C15H24N2O/c1-2-13-18-15-7-5-14(6-8-15)16-9-12-17-10-3-4-11-17/h5-8,16H,2-4,9-13H2,1H3. The maximum atomic E-state index is 5.56. The Morgan fingerprint density at radius 2 is 1.89 bits per heavy atom. The van der Waals surface area contributed by atoms with Gasteiger partial charge in [-0.25, -0.2) is 0 Å². The summed E-state index contributed by atoms with van der Waals surface area (Å²) in [6.07, 6.45) is 3.78. The lowest BCUT2D eigenvalue weighted by atomic mass is 10.3. The van der Waals surface area contributed by atoms with E-state index in [1.54, 1.807) is 0 Å². The van der Waals surface area contributed by atoms with Crippen LogP contribution in [0.5, 0.6) is 5.75 Å². The maximum Gasteiger partial charge on any atom is 0.119 e. The van der Waals surface area contributed by atoms with Crippen LogP contribution in [-0.2, 0) is 0 Å². The molecule has 1 saturated heterocycles. The topological polar surface area (TPSA) is 24.5 Å². The van der Waals surface area contributed by atoms with E-state index in [9.17, 15) is 0 Å². The summed E-state index contributed by atoms with van der Waals surface area (Å²) in [5.41, 5.74) is 1.18.